The molecule has 0 spiro atoms. The van der Waals surface area contributed by atoms with Crippen molar-refractivity contribution in [2.24, 2.45) is 23.7 Å². The van der Waals surface area contributed by atoms with Crippen molar-refractivity contribution >= 4 is 0 Å². The predicted molar refractivity (Wildman–Crippen MR) is 99.0 cm³/mol. The normalized spacial score (nSPS) is 32.0. The van der Waals surface area contributed by atoms with Crippen LogP contribution in [0.5, 0.6) is 0 Å². The Balaban J connectivity index is 1.62. The van der Waals surface area contributed by atoms with Gasteiger partial charge in [0, 0.05) is 0 Å². The molecule has 0 aromatic carbocycles. The van der Waals surface area contributed by atoms with Gasteiger partial charge >= 0.3 is 0 Å². The van der Waals surface area contributed by atoms with Crippen LogP contribution in [0.4, 0.5) is 4.39 Å². The average molecular weight is 332 g/mol. The number of hydrogen-bond donors (Lipinski definition) is 0. The van der Waals surface area contributed by atoms with Crippen LogP contribution in [0.1, 0.15) is 84.0 Å². The molecule has 0 unspecified atom stereocenters. The Hall–Kier alpha value is -1.10. The van der Waals surface area contributed by atoms with Crippen LogP contribution in [-0.4, -0.2) is 0 Å². The van der Waals surface area contributed by atoms with Crippen molar-refractivity contribution in [1.82, 2.24) is 0 Å². The zero-order valence-corrected chi connectivity index (χ0v) is 15.4. The molecule has 134 valence electrons. The molecule has 2 saturated carbocycles. The minimum atomic E-state index is -0.625. The largest absolute Gasteiger partial charge is 0.196 e. The fourth-order valence-corrected chi connectivity index (χ4v) is 4.55. The zero-order chi connectivity index (χ0) is 17.2. The Morgan fingerprint density at radius 1 is 0.917 bits per heavy atom. The van der Waals surface area contributed by atoms with Crippen molar-refractivity contribution in [3.05, 3.63) is 24.1 Å². The van der Waals surface area contributed by atoms with Gasteiger partial charge in [-0.05, 0) is 94.0 Å². The van der Waals surface area contributed by atoms with Crippen LogP contribution in [0.25, 0.3) is 0 Å². The highest BCUT2D eigenvalue weighted by molar-refractivity contribution is 5.11. The topological polar surface area (TPSA) is 23.8 Å². The predicted octanol–water partition coefficient (Wildman–Crippen LogP) is 7.11. The van der Waals surface area contributed by atoms with Crippen molar-refractivity contribution in [2.45, 2.75) is 84.0 Å². The lowest BCUT2D eigenvalue weighted by Gasteiger charge is -2.28. The lowest BCUT2D eigenvalue weighted by Crippen LogP contribution is -2.15. The highest BCUT2D eigenvalue weighted by atomic mass is 19.1. The van der Waals surface area contributed by atoms with Gasteiger partial charge in [-0.25, -0.2) is 0 Å². The Bertz CT molecular complexity index is 443. The van der Waals surface area contributed by atoms with E-state index >= 15 is 0 Å². The van der Waals surface area contributed by atoms with Crippen LogP contribution in [0.15, 0.2) is 24.1 Å². The summed E-state index contributed by atoms with van der Waals surface area (Å²) in [7, 11) is 0. The van der Waals surface area contributed by atoms with Crippen molar-refractivity contribution in [3.63, 3.8) is 0 Å². The van der Waals surface area contributed by atoms with Gasteiger partial charge < -0.3 is 0 Å². The lowest BCUT2D eigenvalue weighted by atomic mass is 9.77. The maximum atomic E-state index is 12.8. The molecule has 0 saturated heterocycles. The molecule has 2 aliphatic carbocycles. The fourth-order valence-electron chi connectivity index (χ4n) is 4.55. The SMILES string of the molecule is CCC[C@H]1CC[C@H](/C=C/C2CCC(CCC=C(F)C#N)CC2)CC1. The molecule has 0 atom stereocenters. The molecule has 2 fully saturated rings. The molecule has 0 aliphatic heterocycles. The van der Waals surface area contributed by atoms with Gasteiger partial charge in [-0.3, -0.25) is 0 Å². The van der Waals surface area contributed by atoms with E-state index in [9.17, 15) is 4.39 Å². The van der Waals surface area contributed by atoms with Crippen LogP contribution in [0, 0.1) is 35.0 Å². The second kappa shape index (κ2) is 10.7. The standard InChI is InChI=1S/C22H34FN/c1-2-4-18-7-11-20(12-8-18)15-16-21-13-9-19(10-14-21)5-3-6-22(23)17-24/h6,15-16,18-21H,2-5,7-14H2,1H3/b16-15+,22-6?/t18-,19?,20-,21?. The smallest absolute Gasteiger partial charge is 0.195 e. The molecular weight excluding hydrogens is 297 g/mol. The molecule has 1 nitrogen and oxygen atoms in total. The van der Waals surface area contributed by atoms with Gasteiger partial charge in [0.05, 0.1) is 0 Å². The maximum absolute atomic E-state index is 12.8. The van der Waals surface area contributed by atoms with Crippen LogP contribution in [-0.2, 0) is 0 Å². The van der Waals surface area contributed by atoms with E-state index in [0.29, 0.717) is 6.42 Å². The Morgan fingerprint density at radius 2 is 1.42 bits per heavy atom. The number of nitrogens with zero attached hydrogens (tertiary/aromatic N) is 1. The summed E-state index contributed by atoms with van der Waals surface area (Å²) in [6.07, 6.45) is 21.8. The van der Waals surface area contributed by atoms with Crippen LogP contribution >= 0.6 is 0 Å². The molecule has 0 amide bonds. The molecule has 24 heavy (non-hydrogen) atoms. The first-order chi connectivity index (χ1) is 11.7. The first-order valence-electron chi connectivity index (χ1n) is 10.1. The Kier molecular flexibility index (Phi) is 8.57. The van der Waals surface area contributed by atoms with Crippen molar-refractivity contribution in [2.75, 3.05) is 0 Å². The zero-order valence-electron chi connectivity index (χ0n) is 15.4. The maximum Gasteiger partial charge on any atom is 0.196 e. The summed E-state index contributed by atoms with van der Waals surface area (Å²) in [6, 6.07) is 1.55. The monoisotopic (exact) mass is 331 g/mol. The fraction of sp³-hybridized carbons (Fsp3) is 0.773. The van der Waals surface area contributed by atoms with Crippen LogP contribution in [0.3, 0.4) is 0 Å². The summed E-state index contributed by atoms with van der Waals surface area (Å²) in [6.45, 7) is 2.30. The second-order valence-electron chi connectivity index (χ2n) is 7.98. The molecule has 2 rings (SSSR count). The first-order valence-corrected chi connectivity index (χ1v) is 10.1. The number of hydrogen-bond acceptors (Lipinski definition) is 1. The van der Waals surface area contributed by atoms with E-state index in [4.69, 9.17) is 5.26 Å². The highest BCUT2D eigenvalue weighted by Gasteiger charge is 2.21. The first kappa shape index (κ1) is 19.2. The third kappa shape index (κ3) is 6.80. The molecule has 0 heterocycles. The van der Waals surface area contributed by atoms with Gasteiger partial charge in [0.15, 0.2) is 5.83 Å². The molecule has 2 aliphatic rings. The molecule has 0 radical (unpaired) electrons. The van der Waals surface area contributed by atoms with Gasteiger partial charge in [-0.15, -0.1) is 0 Å². The number of nitriles is 1. The van der Waals surface area contributed by atoms with Gasteiger partial charge in [-0.1, -0.05) is 31.9 Å². The summed E-state index contributed by atoms with van der Waals surface area (Å²) in [5.41, 5.74) is 0. The quantitative estimate of drug-likeness (QED) is 0.360. The van der Waals surface area contributed by atoms with E-state index in [1.54, 1.807) is 6.07 Å². The number of allylic oxidation sites excluding steroid dienone is 4. The molecule has 0 bridgehead atoms. The third-order valence-electron chi connectivity index (χ3n) is 6.14. The summed E-state index contributed by atoms with van der Waals surface area (Å²) in [5, 5.41) is 8.41. The van der Waals surface area contributed by atoms with Gasteiger partial charge in [0.25, 0.3) is 0 Å². The summed E-state index contributed by atoms with van der Waals surface area (Å²) < 4.78 is 12.8. The van der Waals surface area contributed by atoms with E-state index in [0.717, 1.165) is 30.1 Å². The van der Waals surface area contributed by atoms with Crippen LogP contribution < -0.4 is 0 Å². The van der Waals surface area contributed by atoms with E-state index in [2.05, 4.69) is 19.1 Å². The minimum Gasteiger partial charge on any atom is -0.195 e. The lowest BCUT2D eigenvalue weighted by molar-refractivity contribution is 0.285. The molecule has 0 aromatic heterocycles. The molecular formula is C22H34FN. The number of rotatable bonds is 7. The van der Waals surface area contributed by atoms with E-state index < -0.39 is 5.83 Å². The molecule has 2 heteroatoms. The summed E-state index contributed by atoms with van der Waals surface area (Å²) in [4.78, 5) is 0. The Morgan fingerprint density at radius 3 is 1.88 bits per heavy atom. The van der Waals surface area contributed by atoms with Gasteiger partial charge in [0.2, 0.25) is 0 Å². The summed E-state index contributed by atoms with van der Waals surface area (Å²) >= 11 is 0. The van der Waals surface area contributed by atoms with Crippen molar-refractivity contribution in [3.8, 4) is 6.07 Å². The van der Waals surface area contributed by atoms with Crippen molar-refractivity contribution in [1.29, 1.82) is 5.26 Å². The van der Waals surface area contributed by atoms with E-state index in [1.165, 1.54) is 70.3 Å². The highest BCUT2D eigenvalue weighted by Crippen LogP contribution is 2.35. The molecule has 0 N–H and O–H groups in total. The molecule has 0 aromatic rings. The average Bonchev–Trinajstić information content (AvgIpc) is 2.62. The van der Waals surface area contributed by atoms with Gasteiger partial charge in [-0.2, -0.15) is 9.65 Å². The van der Waals surface area contributed by atoms with Gasteiger partial charge in [0.1, 0.15) is 6.07 Å². The minimum absolute atomic E-state index is 0.625. The second-order valence-corrected chi connectivity index (χ2v) is 7.98. The third-order valence-corrected chi connectivity index (χ3v) is 6.14. The Labute approximate surface area is 148 Å². The van der Waals surface area contributed by atoms with E-state index in [-0.39, 0.29) is 0 Å². The van der Waals surface area contributed by atoms with E-state index in [1.807, 2.05) is 0 Å². The van der Waals surface area contributed by atoms with Crippen LogP contribution in [0.2, 0.25) is 0 Å². The summed E-state index contributed by atoms with van der Waals surface area (Å²) in [5.74, 6) is 2.69. The van der Waals surface area contributed by atoms with Crippen molar-refractivity contribution < 1.29 is 4.39 Å². The number of halogens is 1.